The predicted octanol–water partition coefficient (Wildman–Crippen LogP) is 1.27. The van der Waals surface area contributed by atoms with Crippen LogP contribution in [0.15, 0.2) is 0 Å². The van der Waals surface area contributed by atoms with Gasteiger partial charge in [0.2, 0.25) is 5.78 Å². The lowest BCUT2D eigenvalue weighted by molar-refractivity contribution is -0.513. The SMILES string of the molecule is CC1CC(C)(C)C(=O)C1[N+](=O)[O-]. The van der Waals surface area contributed by atoms with E-state index in [1.165, 1.54) is 0 Å². The summed E-state index contributed by atoms with van der Waals surface area (Å²) in [7, 11) is 0. The summed E-state index contributed by atoms with van der Waals surface area (Å²) in [5.41, 5.74) is -0.503. The molecule has 68 valence electrons. The van der Waals surface area contributed by atoms with Crippen LogP contribution in [0.2, 0.25) is 0 Å². The maximum Gasteiger partial charge on any atom is 0.273 e. The van der Waals surface area contributed by atoms with E-state index >= 15 is 0 Å². The molecule has 12 heavy (non-hydrogen) atoms. The third kappa shape index (κ3) is 1.21. The van der Waals surface area contributed by atoms with Crippen molar-refractivity contribution in [1.29, 1.82) is 0 Å². The highest BCUT2D eigenvalue weighted by Gasteiger charge is 2.52. The number of carbonyl (C=O) groups is 1. The second-order valence-corrected chi connectivity index (χ2v) is 4.16. The van der Waals surface area contributed by atoms with Gasteiger partial charge in [0.15, 0.2) is 0 Å². The fraction of sp³-hybridized carbons (Fsp3) is 0.875. The van der Waals surface area contributed by atoms with E-state index in [2.05, 4.69) is 0 Å². The molecule has 4 nitrogen and oxygen atoms in total. The molecule has 0 amide bonds. The molecule has 0 aliphatic heterocycles. The lowest BCUT2D eigenvalue weighted by atomic mass is 9.90. The molecule has 0 saturated heterocycles. The summed E-state index contributed by atoms with van der Waals surface area (Å²) in [4.78, 5) is 21.5. The Hall–Kier alpha value is -0.930. The number of rotatable bonds is 1. The van der Waals surface area contributed by atoms with Crippen LogP contribution in [0.4, 0.5) is 0 Å². The van der Waals surface area contributed by atoms with Gasteiger partial charge in [-0.25, -0.2) is 0 Å². The van der Waals surface area contributed by atoms with Crippen LogP contribution in [0.5, 0.6) is 0 Å². The number of nitro groups is 1. The molecule has 2 unspecified atom stereocenters. The van der Waals surface area contributed by atoms with Gasteiger partial charge in [-0.2, -0.15) is 0 Å². The molecule has 0 aromatic carbocycles. The fourth-order valence-electron chi connectivity index (χ4n) is 1.98. The summed E-state index contributed by atoms with van der Waals surface area (Å²) in [6.45, 7) is 5.31. The molecule has 2 atom stereocenters. The number of ketones is 1. The van der Waals surface area contributed by atoms with Crippen LogP contribution in [-0.2, 0) is 4.79 Å². The fourth-order valence-corrected chi connectivity index (χ4v) is 1.98. The molecule has 0 N–H and O–H groups in total. The molecular formula is C8H13NO3. The molecule has 0 spiro atoms. The lowest BCUT2D eigenvalue weighted by Gasteiger charge is -2.12. The number of carbonyl (C=O) groups excluding carboxylic acids is 1. The highest BCUT2D eigenvalue weighted by molar-refractivity contribution is 5.90. The first-order valence-electron chi connectivity index (χ1n) is 4.04. The summed E-state index contributed by atoms with van der Waals surface area (Å²) >= 11 is 0. The molecule has 1 aliphatic rings. The van der Waals surface area contributed by atoms with Crippen molar-refractivity contribution in [3.63, 3.8) is 0 Å². The normalized spacial score (nSPS) is 33.8. The van der Waals surface area contributed by atoms with Gasteiger partial charge in [0, 0.05) is 16.3 Å². The average Bonchev–Trinajstić information content (AvgIpc) is 2.02. The van der Waals surface area contributed by atoms with Gasteiger partial charge in [0.05, 0.1) is 0 Å². The van der Waals surface area contributed by atoms with Crippen LogP contribution in [0.1, 0.15) is 27.2 Å². The van der Waals surface area contributed by atoms with Crippen molar-refractivity contribution in [2.45, 2.75) is 33.2 Å². The molecule has 1 fully saturated rings. The molecule has 0 aromatic rings. The summed E-state index contributed by atoms with van der Waals surface area (Å²) < 4.78 is 0. The Morgan fingerprint density at radius 2 is 2.08 bits per heavy atom. The van der Waals surface area contributed by atoms with Gasteiger partial charge in [0.25, 0.3) is 6.04 Å². The first-order chi connectivity index (χ1) is 5.36. The molecule has 1 saturated carbocycles. The van der Waals surface area contributed by atoms with Gasteiger partial charge < -0.3 is 0 Å². The zero-order valence-electron chi connectivity index (χ0n) is 7.53. The maximum absolute atomic E-state index is 11.4. The first-order valence-corrected chi connectivity index (χ1v) is 4.04. The molecule has 1 rings (SSSR count). The van der Waals surface area contributed by atoms with Crippen molar-refractivity contribution in [2.75, 3.05) is 0 Å². The second-order valence-electron chi connectivity index (χ2n) is 4.16. The van der Waals surface area contributed by atoms with E-state index in [0.717, 1.165) is 0 Å². The van der Waals surface area contributed by atoms with Gasteiger partial charge in [-0.05, 0) is 6.42 Å². The van der Waals surface area contributed by atoms with Gasteiger partial charge >= 0.3 is 0 Å². The first kappa shape index (κ1) is 9.16. The zero-order valence-corrected chi connectivity index (χ0v) is 7.53. The van der Waals surface area contributed by atoms with Gasteiger partial charge in [-0.3, -0.25) is 14.9 Å². The Kier molecular flexibility index (Phi) is 1.94. The number of hydrogen-bond donors (Lipinski definition) is 0. The van der Waals surface area contributed by atoms with Crippen molar-refractivity contribution in [2.24, 2.45) is 11.3 Å². The smallest absolute Gasteiger partial charge is 0.273 e. The summed E-state index contributed by atoms with van der Waals surface area (Å²) in [6, 6.07) is -0.972. The number of Topliss-reactive ketones (excluding diaryl/α,β-unsaturated/α-hetero) is 1. The van der Waals surface area contributed by atoms with Crippen molar-refractivity contribution in [1.82, 2.24) is 0 Å². The third-order valence-electron chi connectivity index (χ3n) is 2.53. The third-order valence-corrected chi connectivity index (χ3v) is 2.53. The molecular weight excluding hydrogens is 158 g/mol. The predicted molar refractivity (Wildman–Crippen MR) is 43.4 cm³/mol. The van der Waals surface area contributed by atoms with Crippen molar-refractivity contribution in [3.8, 4) is 0 Å². The summed E-state index contributed by atoms with van der Waals surface area (Å²) in [5.74, 6) is -0.345. The molecule has 1 aliphatic carbocycles. The topological polar surface area (TPSA) is 60.2 Å². The van der Waals surface area contributed by atoms with Crippen LogP contribution in [0.3, 0.4) is 0 Å². The lowest BCUT2D eigenvalue weighted by Crippen LogP contribution is -2.33. The molecule has 0 radical (unpaired) electrons. The van der Waals surface area contributed by atoms with Crippen molar-refractivity contribution < 1.29 is 9.72 Å². The summed E-state index contributed by atoms with van der Waals surface area (Å²) in [5, 5.41) is 10.5. The Morgan fingerprint density at radius 3 is 2.25 bits per heavy atom. The standard InChI is InChI=1S/C8H13NO3/c1-5-4-8(2,3)7(10)6(5)9(11)12/h5-6H,4H2,1-3H3. The minimum atomic E-state index is -0.972. The Morgan fingerprint density at radius 1 is 1.58 bits per heavy atom. The van der Waals surface area contributed by atoms with Crippen LogP contribution >= 0.6 is 0 Å². The van der Waals surface area contributed by atoms with Crippen molar-refractivity contribution >= 4 is 5.78 Å². The van der Waals surface area contributed by atoms with E-state index in [9.17, 15) is 14.9 Å². The Bertz CT molecular complexity index is 234. The van der Waals surface area contributed by atoms with Crippen LogP contribution in [0.25, 0.3) is 0 Å². The molecule has 4 heteroatoms. The number of nitrogens with zero attached hydrogens (tertiary/aromatic N) is 1. The van der Waals surface area contributed by atoms with Crippen LogP contribution < -0.4 is 0 Å². The van der Waals surface area contributed by atoms with Gasteiger partial charge in [-0.1, -0.05) is 20.8 Å². The van der Waals surface area contributed by atoms with Gasteiger partial charge in [0.1, 0.15) is 0 Å². The zero-order chi connectivity index (χ0) is 9.52. The second kappa shape index (κ2) is 2.54. The van der Waals surface area contributed by atoms with Crippen LogP contribution in [0, 0.1) is 21.4 Å². The number of hydrogen-bond acceptors (Lipinski definition) is 3. The highest BCUT2D eigenvalue weighted by atomic mass is 16.6. The largest absolute Gasteiger partial charge is 0.291 e. The van der Waals surface area contributed by atoms with Crippen molar-refractivity contribution in [3.05, 3.63) is 10.1 Å². The van der Waals surface area contributed by atoms with E-state index in [0.29, 0.717) is 6.42 Å². The molecule has 0 aromatic heterocycles. The molecule has 0 heterocycles. The van der Waals surface area contributed by atoms with E-state index in [4.69, 9.17) is 0 Å². The molecule has 0 bridgehead atoms. The van der Waals surface area contributed by atoms with E-state index < -0.39 is 16.4 Å². The van der Waals surface area contributed by atoms with E-state index in [1.54, 1.807) is 20.8 Å². The minimum Gasteiger partial charge on any atom is -0.291 e. The van der Waals surface area contributed by atoms with E-state index in [1.807, 2.05) is 0 Å². The van der Waals surface area contributed by atoms with Gasteiger partial charge in [-0.15, -0.1) is 0 Å². The summed E-state index contributed by atoms with van der Waals surface area (Å²) in [6.07, 6.45) is 0.622. The maximum atomic E-state index is 11.4. The Labute approximate surface area is 71.1 Å². The average molecular weight is 171 g/mol. The highest BCUT2D eigenvalue weighted by Crippen LogP contribution is 2.38. The quantitative estimate of drug-likeness (QED) is 0.441. The van der Waals surface area contributed by atoms with Crippen LogP contribution in [-0.4, -0.2) is 16.7 Å². The monoisotopic (exact) mass is 171 g/mol. The Balaban J connectivity index is 2.93. The van der Waals surface area contributed by atoms with E-state index in [-0.39, 0.29) is 11.7 Å². The minimum absolute atomic E-state index is 0.123.